The molecule has 0 aromatic heterocycles. The van der Waals surface area contributed by atoms with E-state index in [1.54, 1.807) is 0 Å². The first-order valence-corrected chi connectivity index (χ1v) is 4.52. The van der Waals surface area contributed by atoms with Crippen LogP contribution in [0.15, 0.2) is 0 Å². The van der Waals surface area contributed by atoms with Gasteiger partial charge in [-0.1, -0.05) is 13.8 Å². The zero-order valence-corrected chi connectivity index (χ0v) is 7.60. The minimum atomic E-state index is 0.340. The molecule has 1 saturated heterocycles. The molecule has 0 aliphatic carbocycles. The van der Waals surface area contributed by atoms with Crippen LogP contribution in [0.2, 0.25) is 0 Å². The first kappa shape index (κ1) is 9.01. The number of hydrogen-bond acceptors (Lipinski definition) is 2. The van der Waals surface area contributed by atoms with Crippen molar-refractivity contribution < 1.29 is 4.74 Å². The van der Waals surface area contributed by atoms with Crippen molar-refractivity contribution in [1.29, 1.82) is 0 Å². The van der Waals surface area contributed by atoms with Crippen molar-refractivity contribution in [3.05, 3.63) is 0 Å². The van der Waals surface area contributed by atoms with Crippen LogP contribution in [0.4, 0.5) is 0 Å². The summed E-state index contributed by atoms with van der Waals surface area (Å²) in [5, 5.41) is 0. The van der Waals surface area contributed by atoms with Crippen molar-refractivity contribution in [2.24, 2.45) is 11.1 Å². The van der Waals surface area contributed by atoms with E-state index in [1.165, 1.54) is 0 Å². The zero-order chi connectivity index (χ0) is 8.32. The second kappa shape index (κ2) is 3.55. The van der Waals surface area contributed by atoms with Crippen LogP contribution in [-0.4, -0.2) is 19.3 Å². The van der Waals surface area contributed by atoms with E-state index in [2.05, 4.69) is 13.8 Å². The van der Waals surface area contributed by atoms with Crippen molar-refractivity contribution in [1.82, 2.24) is 0 Å². The maximum absolute atomic E-state index is 6.03. The van der Waals surface area contributed by atoms with Crippen LogP contribution >= 0.6 is 0 Å². The van der Waals surface area contributed by atoms with Crippen molar-refractivity contribution in [3.8, 4) is 0 Å². The average Bonchev–Trinajstić information content (AvgIpc) is 2.04. The van der Waals surface area contributed by atoms with Gasteiger partial charge in [0.15, 0.2) is 0 Å². The Hall–Kier alpha value is -0.0800. The van der Waals surface area contributed by atoms with Gasteiger partial charge in [0.25, 0.3) is 0 Å². The smallest absolute Gasteiger partial charge is 0.0471 e. The summed E-state index contributed by atoms with van der Waals surface area (Å²) in [4.78, 5) is 0. The number of ether oxygens (including phenoxy) is 1. The standard InChI is InChI=1S/C9H19NO/c1-3-8(10)9(2)4-6-11-7-5-9/h8H,3-7,10H2,1-2H3. The van der Waals surface area contributed by atoms with Crippen LogP contribution in [0.25, 0.3) is 0 Å². The highest BCUT2D eigenvalue weighted by Gasteiger charge is 2.32. The molecule has 1 aliphatic rings. The molecule has 2 nitrogen and oxygen atoms in total. The Morgan fingerprint density at radius 2 is 2.00 bits per heavy atom. The summed E-state index contributed by atoms with van der Waals surface area (Å²) in [7, 11) is 0. The van der Waals surface area contributed by atoms with Gasteiger partial charge in [0.1, 0.15) is 0 Å². The summed E-state index contributed by atoms with van der Waals surface area (Å²) in [6.45, 7) is 6.23. The van der Waals surface area contributed by atoms with Gasteiger partial charge in [0.05, 0.1) is 0 Å². The molecule has 0 saturated carbocycles. The summed E-state index contributed by atoms with van der Waals surface area (Å²) >= 11 is 0. The molecule has 11 heavy (non-hydrogen) atoms. The van der Waals surface area contributed by atoms with E-state index in [9.17, 15) is 0 Å². The quantitative estimate of drug-likeness (QED) is 0.660. The highest BCUT2D eigenvalue weighted by molar-refractivity contribution is 4.86. The molecule has 0 bridgehead atoms. The van der Waals surface area contributed by atoms with Crippen LogP contribution in [-0.2, 0) is 4.74 Å². The van der Waals surface area contributed by atoms with Gasteiger partial charge in [-0.2, -0.15) is 0 Å². The van der Waals surface area contributed by atoms with Crippen LogP contribution in [0.3, 0.4) is 0 Å². The fourth-order valence-electron chi connectivity index (χ4n) is 1.70. The molecular weight excluding hydrogens is 138 g/mol. The van der Waals surface area contributed by atoms with E-state index in [0.717, 1.165) is 32.5 Å². The van der Waals surface area contributed by atoms with Gasteiger partial charge < -0.3 is 10.5 Å². The van der Waals surface area contributed by atoms with Gasteiger partial charge in [0, 0.05) is 19.3 Å². The van der Waals surface area contributed by atoms with Gasteiger partial charge in [-0.25, -0.2) is 0 Å². The Kier molecular flexibility index (Phi) is 2.90. The first-order valence-electron chi connectivity index (χ1n) is 4.52. The van der Waals surface area contributed by atoms with E-state index in [1.807, 2.05) is 0 Å². The number of hydrogen-bond donors (Lipinski definition) is 1. The second-order valence-electron chi connectivity index (χ2n) is 3.78. The molecule has 1 rings (SSSR count). The Bertz CT molecular complexity index is 119. The molecule has 0 aromatic carbocycles. The Morgan fingerprint density at radius 3 is 2.45 bits per heavy atom. The summed E-state index contributed by atoms with van der Waals surface area (Å²) < 4.78 is 5.30. The molecule has 2 heteroatoms. The maximum atomic E-state index is 6.03. The van der Waals surface area contributed by atoms with E-state index in [0.29, 0.717) is 11.5 Å². The van der Waals surface area contributed by atoms with Gasteiger partial charge in [-0.3, -0.25) is 0 Å². The van der Waals surface area contributed by atoms with E-state index >= 15 is 0 Å². The lowest BCUT2D eigenvalue weighted by atomic mass is 9.75. The molecule has 0 spiro atoms. The molecule has 1 aliphatic heterocycles. The highest BCUT2D eigenvalue weighted by Crippen LogP contribution is 2.33. The highest BCUT2D eigenvalue weighted by atomic mass is 16.5. The van der Waals surface area contributed by atoms with Crippen molar-refractivity contribution in [2.75, 3.05) is 13.2 Å². The normalized spacial score (nSPS) is 26.5. The summed E-state index contributed by atoms with van der Waals surface area (Å²) in [5.41, 5.74) is 6.37. The minimum absolute atomic E-state index is 0.340. The SMILES string of the molecule is CCC(N)C1(C)CCOCC1. The fraction of sp³-hybridized carbons (Fsp3) is 1.00. The Labute approximate surface area is 69.1 Å². The monoisotopic (exact) mass is 157 g/mol. The van der Waals surface area contributed by atoms with E-state index in [-0.39, 0.29) is 0 Å². The van der Waals surface area contributed by atoms with Gasteiger partial charge >= 0.3 is 0 Å². The van der Waals surface area contributed by atoms with Crippen LogP contribution in [0.5, 0.6) is 0 Å². The molecule has 66 valence electrons. The largest absolute Gasteiger partial charge is 0.381 e. The Balaban J connectivity index is 2.49. The number of nitrogens with two attached hydrogens (primary N) is 1. The predicted molar refractivity (Wildman–Crippen MR) is 46.4 cm³/mol. The second-order valence-corrected chi connectivity index (χ2v) is 3.78. The molecule has 1 heterocycles. The molecule has 1 fully saturated rings. The topological polar surface area (TPSA) is 35.2 Å². The minimum Gasteiger partial charge on any atom is -0.381 e. The fourth-order valence-corrected chi connectivity index (χ4v) is 1.70. The molecular formula is C9H19NO. The summed E-state index contributed by atoms with van der Waals surface area (Å²) in [6.07, 6.45) is 3.33. The average molecular weight is 157 g/mol. The maximum Gasteiger partial charge on any atom is 0.0471 e. The molecule has 0 aromatic rings. The Morgan fingerprint density at radius 1 is 1.45 bits per heavy atom. The van der Waals surface area contributed by atoms with Gasteiger partial charge in [-0.15, -0.1) is 0 Å². The predicted octanol–water partition coefficient (Wildman–Crippen LogP) is 1.54. The third kappa shape index (κ3) is 1.94. The lowest BCUT2D eigenvalue weighted by molar-refractivity contribution is 0.0104. The van der Waals surface area contributed by atoms with Crippen LogP contribution in [0.1, 0.15) is 33.1 Å². The number of rotatable bonds is 2. The van der Waals surface area contributed by atoms with Gasteiger partial charge in [-0.05, 0) is 24.7 Å². The van der Waals surface area contributed by atoms with E-state index in [4.69, 9.17) is 10.5 Å². The third-order valence-corrected chi connectivity index (χ3v) is 2.97. The van der Waals surface area contributed by atoms with Crippen LogP contribution in [0, 0.1) is 5.41 Å². The summed E-state index contributed by atoms with van der Waals surface area (Å²) in [5.74, 6) is 0. The molecule has 1 atom stereocenters. The van der Waals surface area contributed by atoms with Crippen molar-refractivity contribution in [3.63, 3.8) is 0 Å². The lowest BCUT2D eigenvalue weighted by Crippen LogP contribution is -2.42. The van der Waals surface area contributed by atoms with Crippen LogP contribution < -0.4 is 5.73 Å². The molecule has 1 unspecified atom stereocenters. The van der Waals surface area contributed by atoms with E-state index < -0.39 is 0 Å². The first-order chi connectivity index (χ1) is 5.19. The van der Waals surface area contributed by atoms with Crippen molar-refractivity contribution >= 4 is 0 Å². The molecule has 0 radical (unpaired) electrons. The summed E-state index contributed by atoms with van der Waals surface area (Å²) in [6, 6.07) is 0.353. The zero-order valence-electron chi connectivity index (χ0n) is 7.60. The third-order valence-electron chi connectivity index (χ3n) is 2.97. The molecule has 0 amide bonds. The van der Waals surface area contributed by atoms with Gasteiger partial charge in [0.2, 0.25) is 0 Å². The molecule has 2 N–H and O–H groups in total. The van der Waals surface area contributed by atoms with Crippen molar-refractivity contribution in [2.45, 2.75) is 39.2 Å². The lowest BCUT2D eigenvalue weighted by Gasteiger charge is -2.38.